The molecule has 0 aromatic heterocycles. The normalized spacial score (nSPS) is 24.7. The van der Waals surface area contributed by atoms with Crippen LogP contribution in [0.5, 0.6) is 0 Å². The molecular formula is C45H38V+2. The van der Waals surface area contributed by atoms with Gasteiger partial charge in [-0.3, -0.25) is 0 Å². The van der Waals surface area contributed by atoms with Crippen LogP contribution in [0.2, 0.25) is 0 Å². The summed E-state index contributed by atoms with van der Waals surface area (Å²) in [7, 11) is 0. The zero-order chi connectivity index (χ0) is 30.8. The van der Waals surface area contributed by atoms with Gasteiger partial charge in [-0.05, 0) is 0 Å². The maximum atomic E-state index is 4.54. The van der Waals surface area contributed by atoms with Crippen molar-refractivity contribution in [2.75, 3.05) is 0 Å². The van der Waals surface area contributed by atoms with Crippen LogP contribution in [0.3, 0.4) is 0 Å². The molecule has 0 saturated heterocycles. The minimum absolute atomic E-state index is 0.411. The van der Waals surface area contributed by atoms with Crippen molar-refractivity contribution in [2.45, 2.75) is 49.9 Å². The predicted octanol–water partition coefficient (Wildman–Crippen LogP) is 10.8. The number of fused-ring (bicyclic) bond motifs is 6. The van der Waals surface area contributed by atoms with Crippen molar-refractivity contribution in [3.05, 3.63) is 179 Å². The van der Waals surface area contributed by atoms with Gasteiger partial charge in [-0.1, -0.05) is 0 Å². The molecule has 5 atom stereocenters. The number of rotatable bonds is 5. The first-order chi connectivity index (χ1) is 22.7. The molecule has 4 aliphatic carbocycles. The van der Waals surface area contributed by atoms with E-state index in [1.54, 1.807) is 16.7 Å². The SMILES string of the molecule is C=C(C=C1Cc2ccccc2C(C2CCCC2C2c3ccccc3-c3cccc4c3C2c2ccccc2-4)[C]1=[V+2])Cc1ccccc1. The first-order valence-electron chi connectivity index (χ1n) is 17.0. The zero-order valence-electron chi connectivity index (χ0n) is 26.2. The van der Waals surface area contributed by atoms with Crippen LogP contribution < -0.4 is 0 Å². The molecule has 0 radical (unpaired) electrons. The fourth-order valence-corrected chi connectivity index (χ4v) is 10.6. The van der Waals surface area contributed by atoms with Crippen LogP contribution in [0.25, 0.3) is 22.3 Å². The predicted molar refractivity (Wildman–Crippen MR) is 188 cm³/mol. The second-order valence-corrected chi connectivity index (χ2v) is 14.7. The van der Waals surface area contributed by atoms with E-state index in [9.17, 15) is 0 Å². The van der Waals surface area contributed by atoms with E-state index in [1.807, 2.05) is 0 Å². The maximum absolute atomic E-state index is 4.54. The van der Waals surface area contributed by atoms with Crippen LogP contribution in [0.4, 0.5) is 0 Å². The van der Waals surface area contributed by atoms with Crippen LogP contribution in [0, 0.1) is 11.8 Å². The third kappa shape index (κ3) is 4.45. The molecule has 1 saturated carbocycles. The van der Waals surface area contributed by atoms with E-state index < -0.39 is 0 Å². The van der Waals surface area contributed by atoms with E-state index >= 15 is 0 Å². The Morgan fingerprint density at radius 1 is 0.630 bits per heavy atom. The number of allylic oxidation sites excluding steroid dienone is 3. The Kier molecular flexibility index (Phi) is 6.99. The number of hydrogen-bond donors (Lipinski definition) is 0. The van der Waals surface area contributed by atoms with Crippen LogP contribution in [0.1, 0.15) is 70.4 Å². The Morgan fingerprint density at radius 2 is 1.24 bits per heavy atom. The van der Waals surface area contributed by atoms with Crippen LogP contribution in [-0.2, 0) is 29.8 Å². The van der Waals surface area contributed by atoms with Gasteiger partial charge in [-0.25, -0.2) is 0 Å². The average Bonchev–Trinajstić information content (AvgIpc) is 3.70. The first-order valence-corrected chi connectivity index (χ1v) is 17.7. The molecule has 5 aromatic carbocycles. The Hall–Kier alpha value is -3.97. The van der Waals surface area contributed by atoms with Gasteiger partial charge in [0, 0.05) is 0 Å². The molecule has 9 rings (SSSR count). The minimum atomic E-state index is 0.411. The van der Waals surface area contributed by atoms with Gasteiger partial charge in [0.05, 0.1) is 0 Å². The molecular weight excluding hydrogens is 591 g/mol. The van der Waals surface area contributed by atoms with E-state index in [2.05, 4.69) is 151 Å². The van der Waals surface area contributed by atoms with E-state index in [-0.39, 0.29) is 0 Å². The molecule has 46 heavy (non-hydrogen) atoms. The molecule has 221 valence electrons. The quantitative estimate of drug-likeness (QED) is 0.181. The number of benzene rings is 5. The molecule has 0 aliphatic heterocycles. The van der Waals surface area contributed by atoms with Gasteiger partial charge in [0.15, 0.2) is 0 Å². The van der Waals surface area contributed by atoms with Crippen LogP contribution >= 0.6 is 0 Å². The summed E-state index contributed by atoms with van der Waals surface area (Å²) in [4.78, 5) is 0. The average molecular weight is 630 g/mol. The van der Waals surface area contributed by atoms with Crippen molar-refractivity contribution < 1.29 is 17.0 Å². The third-order valence-corrected chi connectivity index (χ3v) is 12.4. The summed E-state index contributed by atoms with van der Waals surface area (Å²) >= 11 is 3.07. The Morgan fingerprint density at radius 3 is 2.02 bits per heavy atom. The standard InChI is InChI=1S/C45H38.V/c1-29(25-30-13-3-2-4-14-30)26-31-27-32-15-5-6-16-33(32)42(28-31)36-21-11-22-40(36)43-37-19-9-7-17-34(37)38-23-12-24-39-35-18-8-10-20-41(35)45(43)44(38)39;/h2-10,12-20,23-24,26,36,40,42-43,45H,1,11,21-22,25,27H2;/q;+2. The van der Waals surface area contributed by atoms with Crippen molar-refractivity contribution in [1.82, 2.24) is 0 Å². The van der Waals surface area contributed by atoms with Crippen LogP contribution in [0.15, 0.2) is 145 Å². The second-order valence-electron chi connectivity index (χ2n) is 13.9. The van der Waals surface area contributed by atoms with Gasteiger partial charge in [0.2, 0.25) is 0 Å². The van der Waals surface area contributed by atoms with E-state index in [1.165, 1.54) is 73.6 Å². The van der Waals surface area contributed by atoms with Crippen molar-refractivity contribution >= 4 is 4.23 Å². The molecule has 0 N–H and O–H groups in total. The molecule has 0 heterocycles. The van der Waals surface area contributed by atoms with Gasteiger partial charge < -0.3 is 0 Å². The van der Waals surface area contributed by atoms with E-state index in [0.717, 1.165) is 12.8 Å². The molecule has 1 fully saturated rings. The fraction of sp³-hybridized carbons (Fsp3) is 0.222. The van der Waals surface area contributed by atoms with Crippen molar-refractivity contribution in [2.24, 2.45) is 11.8 Å². The van der Waals surface area contributed by atoms with E-state index in [0.29, 0.717) is 29.6 Å². The molecule has 5 aromatic rings. The molecule has 0 nitrogen and oxygen atoms in total. The molecule has 0 amide bonds. The summed E-state index contributed by atoms with van der Waals surface area (Å²) in [5, 5.41) is 0. The summed E-state index contributed by atoms with van der Waals surface area (Å²) in [5.74, 6) is 2.48. The van der Waals surface area contributed by atoms with Crippen molar-refractivity contribution in [3.8, 4) is 22.3 Å². The molecule has 0 spiro atoms. The topological polar surface area (TPSA) is 0 Å². The van der Waals surface area contributed by atoms with Gasteiger partial charge in [-0.15, -0.1) is 0 Å². The van der Waals surface area contributed by atoms with E-state index in [4.69, 9.17) is 0 Å². The summed E-state index contributed by atoms with van der Waals surface area (Å²) in [6.45, 7) is 4.54. The van der Waals surface area contributed by atoms with Gasteiger partial charge in [0.25, 0.3) is 0 Å². The Labute approximate surface area is 282 Å². The Bertz CT molecular complexity index is 2050. The van der Waals surface area contributed by atoms with Gasteiger partial charge in [-0.2, -0.15) is 0 Å². The summed E-state index contributed by atoms with van der Waals surface area (Å²) in [6.07, 6.45) is 8.17. The second kappa shape index (κ2) is 11.4. The first kappa shape index (κ1) is 28.3. The van der Waals surface area contributed by atoms with Crippen molar-refractivity contribution in [3.63, 3.8) is 0 Å². The fourth-order valence-electron chi connectivity index (χ4n) is 9.83. The van der Waals surface area contributed by atoms with Crippen molar-refractivity contribution in [1.29, 1.82) is 0 Å². The molecule has 4 aliphatic rings. The Balaban J connectivity index is 1.15. The summed E-state index contributed by atoms with van der Waals surface area (Å²) in [6, 6.07) is 45.8. The van der Waals surface area contributed by atoms with Gasteiger partial charge in [0.1, 0.15) is 0 Å². The third-order valence-electron chi connectivity index (χ3n) is 11.5. The van der Waals surface area contributed by atoms with Gasteiger partial charge >= 0.3 is 284 Å². The zero-order valence-corrected chi connectivity index (χ0v) is 27.6. The summed E-state index contributed by atoms with van der Waals surface area (Å²) in [5.41, 5.74) is 17.5. The number of hydrogen-bond acceptors (Lipinski definition) is 0. The molecule has 1 heteroatoms. The molecule has 0 bridgehead atoms. The monoisotopic (exact) mass is 629 g/mol. The molecule has 5 unspecified atom stereocenters. The summed E-state index contributed by atoms with van der Waals surface area (Å²) < 4.78 is 1.51. The van der Waals surface area contributed by atoms with Crippen LogP contribution in [-0.4, -0.2) is 4.23 Å².